The lowest BCUT2D eigenvalue weighted by Crippen LogP contribution is -2.33. The average Bonchev–Trinajstić information content (AvgIpc) is 2.45. The van der Waals surface area contributed by atoms with Gasteiger partial charge in [-0.25, -0.2) is 0 Å². The molecular weight excluding hydrogens is 254 g/mol. The summed E-state index contributed by atoms with van der Waals surface area (Å²) >= 11 is 0. The van der Waals surface area contributed by atoms with Crippen LogP contribution in [0.4, 0.5) is 0 Å². The topological polar surface area (TPSA) is 12.0 Å². The fourth-order valence-electron chi connectivity index (χ4n) is 3.33. The molecule has 0 aliphatic carbocycles. The molecule has 0 radical (unpaired) electrons. The van der Waals surface area contributed by atoms with Crippen LogP contribution in [-0.4, -0.2) is 7.05 Å². The van der Waals surface area contributed by atoms with Gasteiger partial charge in [-0.2, -0.15) is 0 Å². The zero-order valence-corrected chi connectivity index (χ0v) is 14.4. The molecule has 1 nitrogen and oxygen atoms in total. The van der Waals surface area contributed by atoms with Crippen LogP contribution in [0.1, 0.15) is 58.6 Å². The van der Waals surface area contributed by atoms with E-state index in [0.717, 1.165) is 0 Å². The van der Waals surface area contributed by atoms with Crippen molar-refractivity contribution in [3.63, 3.8) is 0 Å². The normalized spacial score (nSPS) is 12.9. The Balaban J connectivity index is 2.71. The Kier molecular flexibility index (Phi) is 4.43. The average molecular weight is 283 g/mol. The van der Waals surface area contributed by atoms with E-state index in [1.54, 1.807) is 0 Å². The van der Waals surface area contributed by atoms with E-state index in [-0.39, 0.29) is 11.0 Å². The van der Waals surface area contributed by atoms with Crippen LogP contribution in [0.3, 0.4) is 0 Å². The van der Waals surface area contributed by atoms with E-state index in [2.05, 4.69) is 76.3 Å². The molecule has 2 aromatic rings. The Bertz CT molecular complexity index is 623. The van der Waals surface area contributed by atoms with Gasteiger partial charge in [-0.3, -0.25) is 0 Å². The largest absolute Gasteiger partial charge is 0.311 e. The quantitative estimate of drug-likeness (QED) is 0.777. The summed E-state index contributed by atoms with van der Waals surface area (Å²) in [6.07, 6.45) is 2.43. The van der Waals surface area contributed by atoms with Crippen LogP contribution in [0, 0.1) is 0 Å². The van der Waals surface area contributed by atoms with Crippen molar-refractivity contribution in [2.75, 3.05) is 7.05 Å². The van der Waals surface area contributed by atoms with Crippen molar-refractivity contribution in [3.8, 4) is 0 Å². The van der Waals surface area contributed by atoms with Crippen molar-refractivity contribution >= 4 is 10.8 Å². The second-order valence-corrected chi connectivity index (χ2v) is 7.22. The maximum Gasteiger partial charge on any atom is 0.0381 e. The second kappa shape index (κ2) is 5.81. The van der Waals surface area contributed by atoms with Gasteiger partial charge in [0.1, 0.15) is 0 Å². The zero-order chi connectivity index (χ0) is 15.7. The van der Waals surface area contributed by atoms with Gasteiger partial charge in [-0.15, -0.1) is 0 Å². The molecule has 0 aliphatic rings. The van der Waals surface area contributed by atoms with Gasteiger partial charge >= 0.3 is 0 Å². The smallest absolute Gasteiger partial charge is 0.0381 e. The molecule has 0 aliphatic heterocycles. The van der Waals surface area contributed by atoms with Gasteiger partial charge in [0.2, 0.25) is 0 Å². The highest BCUT2D eigenvalue weighted by Gasteiger charge is 2.26. The summed E-state index contributed by atoms with van der Waals surface area (Å²) in [6, 6.07) is 13.5. The van der Waals surface area contributed by atoms with Gasteiger partial charge in [0.25, 0.3) is 0 Å². The molecule has 0 heterocycles. The van der Waals surface area contributed by atoms with E-state index in [0.29, 0.717) is 0 Å². The third-order valence-corrected chi connectivity index (χ3v) is 4.83. The minimum absolute atomic E-state index is 0.0208. The van der Waals surface area contributed by atoms with Crippen LogP contribution in [0.5, 0.6) is 0 Å². The molecular formula is C20H29N. The highest BCUT2D eigenvalue weighted by Crippen LogP contribution is 2.37. The first-order valence-corrected chi connectivity index (χ1v) is 8.05. The Morgan fingerprint density at radius 3 is 1.90 bits per heavy atom. The second-order valence-electron chi connectivity index (χ2n) is 7.22. The lowest BCUT2D eigenvalue weighted by atomic mass is 9.76. The van der Waals surface area contributed by atoms with Crippen LogP contribution in [0.15, 0.2) is 36.4 Å². The van der Waals surface area contributed by atoms with Crippen molar-refractivity contribution in [3.05, 3.63) is 47.5 Å². The van der Waals surface area contributed by atoms with Crippen molar-refractivity contribution in [2.24, 2.45) is 0 Å². The minimum Gasteiger partial charge on any atom is -0.311 e. The molecule has 1 N–H and O–H groups in total. The monoisotopic (exact) mass is 283 g/mol. The first-order valence-electron chi connectivity index (χ1n) is 8.05. The number of rotatable bonds is 5. The van der Waals surface area contributed by atoms with Crippen LogP contribution in [0.2, 0.25) is 0 Å². The highest BCUT2D eigenvalue weighted by atomic mass is 14.9. The van der Waals surface area contributed by atoms with Crippen molar-refractivity contribution in [1.29, 1.82) is 0 Å². The van der Waals surface area contributed by atoms with Crippen LogP contribution < -0.4 is 5.32 Å². The first kappa shape index (κ1) is 16.0. The molecule has 0 saturated carbocycles. The molecule has 0 aromatic heterocycles. The first-order chi connectivity index (χ1) is 9.83. The van der Waals surface area contributed by atoms with E-state index in [1.165, 1.54) is 34.7 Å². The molecule has 0 amide bonds. The molecule has 1 heteroatoms. The molecule has 0 atom stereocenters. The van der Waals surface area contributed by atoms with Gasteiger partial charge in [0.15, 0.2) is 0 Å². The maximum atomic E-state index is 3.43. The molecule has 2 rings (SSSR count). The molecule has 0 unspecified atom stereocenters. The summed E-state index contributed by atoms with van der Waals surface area (Å²) in [7, 11) is 2.03. The summed E-state index contributed by atoms with van der Waals surface area (Å²) in [4.78, 5) is 0. The Morgan fingerprint density at radius 2 is 1.38 bits per heavy atom. The lowest BCUT2D eigenvalue weighted by Gasteiger charge is -2.31. The number of fused-ring (bicyclic) bond motifs is 1. The summed E-state index contributed by atoms with van der Waals surface area (Å²) < 4.78 is 0. The highest BCUT2D eigenvalue weighted by molar-refractivity contribution is 5.90. The van der Waals surface area contributed by atoms with Gasteiger partial charge in [-0.1, -0.05) is 63.6 Å². The fourth-order valence-corrected chi connectivity index (χ4v) is 3.33. The van der Waals surface area contributed by atoms with E-state index in [9.17, 15) is 0 Å². The third-order valence-electron chi connectivity index (χ3n) is 4.83. The van der Waals surface area contributed by atoms with Gasteiger partial charge in [0, 0.05) is 5.54 Å². The van der Waals surface area contributed by atoms with Crippen LogP contribution >= 0.6 is 0 Å². The maximum absolute atomic E-state index is 3.43. The van der Waals surface area contributed by atoms with Crippen molar-refractivity contribution in [1.82, 2.24) is 5.32 Å². The molecule has 114 valence electrons. The third kappa shape index (κ3) is 2.98. The van der Waals surface area contributed by atoms with E-state index < -0.39 is 0 Å². The predicted octanol–water partition coefficient (Wildman–Crippen LogP) is 5.37. The molecule has 0 bridgehead atoms. The molecule has 0 fully saturated rings. The molecule has 2 aromatic carbocycles. The summed E-state index contributed by atoms with van der Waals surface area (Å²) in [5.74, 6) is 0. The molecule has 0 spiro atoms. The number of hydrogen-bond donors (Lipinski definition) is 1. The Hall–Kier alpha value is -1.34. The number of nitrogens with one attached hydrogen (secondary N) is 1. The number of benzene rings is 2. The van der Waals surface area contributed by atoms with Crippen molar-refractivity contribution in [2.45, 2.75) is 58.4 Å². The predicted molar refractivity (Wildman–Crippen MR) is 94.0 cm³/mol. The summed E-state index contributed by atoms with van der Waals surface area (Å²) in [6.45, 7) is 11.5. The number of hydrogen-bond acceptors (Lipinski definition) is 1. The van der Waals surface area contributed by atoms with Crippen LogP contribution in [-0.2, 0) is 11.0 Å². The minimum atomic E-state index is -0.0208. The van der Waals surface area contributed by atoms with Crippen LogP contribution in [0.25, 0.3) is 10.8 Å². The Labute approximate surface area is 129 Å². The lowest BCUT2D eigenvalue weighted by molar-refractivity contribution is 0.447. The van der Waals surface area contributed by atoms with E-state index in [4.69, 9.17) is 0 Å². The fraction of sp³-hybridized carbons (Fsp3) is 0.500. The van der Waals surface area contributed by atoms with Gasteiger partial charge in [0.05, 0.1) is 0 Å². The summed E-state index contributed by atoms with van der Waals surface area (Å²) in [5, 5.41) is 6.21. The van der Waals surface area contributed by atoms with Gasteiger partial charge < -0.3 is 5.32 Å². The van der Waals surface area contributed by atoms with E-state index >= 15 is 0 Å². The Morgan fingerprint density at radius 1 is 0.857 bits per heavy atom. The molecule has 21 heavy (non-hydrogen) atoms. The standard InChI is InChI=1S/C20H29N/c1-7-14-19(2,3)17-12-13-18(20(4,5)21-6)16-11-9-8-10-15(16)17/h8-13,21H,7,14H2,1-6H3. The SMILES string of the molecule is CCCC(C)(C)c1ccc(C(C)(C)NC)c2ccccc12. The summed E-state index contributed by atoms with van der Waals surface area (Å²) in [5.41, 5.74) is 3.04. The molecule has 0 saturated heterocycles. The van der Waals surface area contributed by atoms with Gasteiger partial charge in [-0.05, 0) is 54.6 Å². The zero-order valence-electron chi connectivity index (χ0n) is 14.4. The van der Waals surface area contributed by atoms with E-state index in [1.807, 2.05) is 7.05 Å². The van der Waals surface area contributed by atoms with Crippen molar-refractivity contribution < 1.29 is 0 Å².